The number of unbranched alkanes of at least 4 members (excludes halogenated alkanes) is 1. The van der Waals surface area contributed by atoms with E-state index < -0.39 is 11.4 Å². The number of carboxylic acid groups (broad SMARTS) is 1. The second-order valence-electron chi connectivity index (χ2n) is 5.65. The van der Waals surface area contributed by atoms with Gasteiger partial charge in [-0.2, -0.15) is 0 Å². The number of aryl methyl sites for hydroxylation is 1. The molecule has 4 heteroatoms. The van der Waals surface area contributed by atoms with Crippen molar-refractivity contribution in [3.8, 4) is 11.5 Å². The summed E-state index contributed by atoms with van der Waals surface area (Å²) in [6.45, 7) is 6.06. The molecule has 0 aliphatic rings. The topological polar surface area (TPSA) is 55.8 Å². The molecule has 1 N–H and O–H groups in total. The summed E-state index contributed by atoms with van der Waals surface area (Å²) in [6.07, 6.45) is 2.30. The Morgan fingerprint density at radius 1 is 1.25 bits per heavy atom. The second-order valence-corrected chi connectivity index (χ2v) is 5.65. The van der Waals surface area contributed by atoms with E-state index >= 15 is 0 Å². The van der Waals surface area contributed by atoms with Crippen molar-refractivity contribution in [1.82, 2.24) is 0 Å². The van der Waals surface area contributed by atoms with Gasteiger partial charge in [0.05, 0.1) is 19.1 Å². The third-order valence-corrected chi connectivity index (χ3v) is 3.35. The van der Waals surface area contributed by atoms with Crippen LogP contribution in [0.5, 0.6) is 11.5 Å². The minimum absolute atomic E-state index is 0.565. The standard InChI is InChI=1S/C16H24O4/c1-12-7-8-13(14(11-12)19-4)20-10-6-5-9-16(2,3)15(17)18/h7-8,11H,5-6,9-10H2,1-4H3,(H,17,18). The summed E-state index contributed by atoms with van der Waals surface area (Å²) in [5, 5.41) is 9.02. The van der Waals surface area contributed by atoms with Crippen molar-refractivity contribution >= 4 is 5.97 Å². The number of aliphatic carboxylic acids is 1. The van der Waals surface area contributed by atoms with E-state index in [1.165, 1.54) is 0 Å². The van der Waals surface area contributed by atoms with Crippen LogP contribution in [-0.4, -0.2) is 24.8 Å². The van der Waals surface area contributed by atoms with Gasteiger partial charge in [0.25, 0.3) is 0 Å². The largest absolute Gasteiger partial charge is 0.493 e. The lowest BCUT2D eigenvalue weighted by Crippen LogP contribution is -2.23. The maximum absolute atomic E-state index is 11.0. The lowest BCUT2D eigenvalue weighted by atomic mass is 9.87. The Bertz CT molecular complexity index is 452. The molecule has 0 amide bonds. The summed E-state index contributed by atoms with van der Waals surface area (Å²) >= 11 is 0. The molecule has 0 aliphatic heterocycles. The molecule has 0 heterocycles. The summed E-state index contributed by atoms with van der Waals surface area (Å²) in [4.78, 5) is 11.0. The molecule has 0 fully saturated rings. The Kier molecular flexibility index (Phi) is 5.86. The Morgan fingerprint density at radius 2 is 1.95 bits per heavy atom. The summed E-state index contributed by atoms with van der Waals surface area (Å²) in [7, 11) is 1.62. The maximum Gasteiger partial charge on any atom is 0.309 e. The van der Waals surface area contributed by atoms with Crippen LogP contribution in [0.15, 0.2) is 18.2 Å². The molecule has 0 unspecified atom stereocenters. The molecule has 0 spiro atoms. The molecule has 0 atom stereocenters. The van der Waals surface area contributed by atoms with Gasteiger partial charge in [0, 0.05) is 0 Å². The van der Waals surface area contributed by atoms with Crippen molar-refractivity contribution in [3.05, 3.63) is 23.8 Å². The zero-order valence-corrected chi connectivity index (χ0v) is 12.7. The fourth-order valence-corrected chi connectivity index (χ4v) is 1.85. The summed E-state index contributed by atoms with van der Waals surface area (Å²) in [5.41, 5.74) is 0.457. The van der Waals surface area contributed by atoms with Gasteiger partial charge in [-0.05, 0) is 57.7 Å². The van der Waals surface area contributed by atoms with Crippen molar-refractivity contribution in [3.63, 3.8) is 0 Å². The van der Waals surface area contributed by atoms with Crippen molar-refractivity contribution in [2.45, 2.75) is 40.0 Å². The van der Waals surface area contributed by atoms with E-state index in [0.717, 1.165) is 29.9 Å². The van der Waals surface area contributed by atoms with Crippen molar-refractivity contribution < 1.29 is 19.4 Å². The average molecular weight is 280 g/mol. The van der Waals surface area contributed by atoms with Gasteiger partial charge in [0.15, 0.2) is 11.5 Å². The molecule has 0 aliphatic carbocycles. The first kappa shape index (κ1) is 16.3. The van der Waals surface area contributed by atoms with Crippen molar-refractivity contribution in [2.24, 2.45) is 5.41 Å². The zero-order valence-electron chi connectivity index (χ0n) is 12.7. The molecule has 0 saturated heterocycles. The molecule has 1 aromatic rings. The van der Waals surface area contributed by atoms with E-state index in [1.54, 1.807) is 21.0 Å². The normalized spacial score (nSPS) is 11.2. The first-order chi connectivity index (χ1) is 9.36. The second kappa shape index (κ2) is 7.17. The minimum atomic E-state index is -0.751. The molecule has 4 nitrogen and oxygen atoms in total. The molecule has 0 radical (unpaired) electrons. The SMILES string of the molecule is COc1cc(C)ccc1OCCCCC(C)(C)C(=O)O. The zero-order chi connectivity index (χ0) is 15.2. The van der Waals surface area contributed by atoms with E-state index in [4.69, 9.17) is 14.6 Å². The van der Waals surface area contributed by atoms with Gasteiger partial charge in [-0.25, -0.2) is 0 Å². The first-order valence-corrected chi connectivity index (χ1v) is 6.87. The van der Waals surface area contributed by atoms with Crippen LogP contribution < -0.4 is 9.47 Å². The Morgan fingerprint density at radius 3 is 2.55 bits per heavy atom. The summed E-state index contributed by atoms with van der Waals surface area (Å²) in [5.74, 6) is 0.713. The van der Waals surface area contributed by atoms with Crippen LogP contribution in [0.4, 0.5) is 0 Å². The highest BCUT2D eigenvalue weighted by molar-refractivity contribution is 5.73. The average Bonchev–Trinajstić information content (AvgIpc) is 2.39. The Balaban J connectivity index is 2.37. The monoisotopic (exact) mass is 280 g/mol. The van der Waals surface area contributed by atoms with Crippen LogP contribution in [0.25, 0.3) is 0 Å². The van der Waals surface area contributed by atoms with Crippen LogP contribution in [0.3, 0.4) is 0 Å². The number of rotatable bonds is 8. The molecule has 0 bridgehead atoms. The molecule has 1 rings (SSSR count). The third kappa shape index (κ3) is 4.76. The van der Waals surface area contributed by atoms with E-state index in [9.17, 15) is 4.79 Å². The van der Waals surface area contributed by atoms with Gasteiger partial charge >= 0.3 is 5.97 Å². The van der Waals surface area contributed by atoms with Gasteiger partial charge in [-0.15, -0.1) is 0 Å². The van der Waals surface area contributed by atoms with Gasteiger partial charge < -0.3 is 14.6 Å². The predicted molar refractivity (Wildman–Crippen MR) is 78.5 cm³/mol. The lowest BCUT2D eigenvalue weighted by Gasteiger charge is -2.18. The highest BCUT2D eigenvalue weighted by Gasteiger charge is 2.25. The summed E-state index contributed by atoms with van der Waals surface area (Å²) < 4.78 is 11.0. The van der Waals surface area contributed by atoms with Crippen LogP contribution in [0.2, 0.25) is 0 Å². The number of methoxy groups -OCH3 is 1. The van der Waals surface area contributed by atoms with E-state index in [2.05, 4.69) is 0 Å². The van der Waals surface area contributed by atoms with Gasteiger partial charge in [0.1, 0.15) is 0 Å². The van der Waals surface area contributed by atoms with Gasteiger partial charge in [-0.3, -0.25) is 4.79 Å². The Labute approximate surface area is 120 Å². The number of carbonyl (C=O) groups is 1. The van der Waals surface area contributed by atoms with E-state index in [-0.39, 0.29) is 0 Å². The lowest BCUT2D eigenvalue weighted by molar-refractivity contribution is -0.147. The number of hydrogen-bond acceptors (Lipinski definition) is 3. The predicted octanol–water partition coefficient (Wildman–Crippen LogP) is 3.66. The van der Waals surface area contributed by atoms with Crippen LogP contribution in [-0.2, 0) is 4.79 Å². The molecule has 0 saturated carbocycles. The molecule has 1 aromatic carbocycles. The number of benzene rings is 1. The molecule has 0 aromatic heterocycles. The fourth-order valence-electron chi connectivity index (χ4n) is 1.85. The third-order valence-electron chi connectivity index (χ3n) is 3.35. The summed E-state index contributed by atoms with van der Waals surface area (Å²) in [6, 6.07) is 5.81. The quantitative estimate of drug-likeness (QED) is 0.738. The van der Waals surface area contributed by atoms with Crippen molar-refractivity contribution in [2.75, 3.05) is 13.7 Å². The maximum atomic E-state index is 11.0. The molecular weight excluding hydrogens is 256 g/mol. The van der Waals surface area contributed by atoms with E-state index in [1.807, 2.05) is 25.1 Å². The van der Waals surface area contributed by atoms with E-state index in [0.29, 0.717) is 13.0 Å². The number of hydrogen-bond donors (Lipinski definition) is 1. The van der Waals surface area contributed by atoms with Crippen LogP contribution >= 0.6 is 0 Å². The molecular formula is C16H24O4. The van der Waals surface area contributed by atoms with Crippen LogP contribution in [0, 0.1) is 12.3 Å². The van der Waals surface area contributed by atoms with Crippen molar-refractivity contribution in [1.29, 1.82) is 0 Å². The number of carboxylic acids is 1. The highest BCUT2D eigenvalue weighted by Crippen LogP contribution is 2.28. The fraction of sp³-hybridized carbons (Fsp3) is 0.562. The smallest absolute Gasteiger partial charge is 0.309 e. The highest BCUT2D eigenvalue weighted by atomic mass is 16.5. The molecule has 112 valence electrons. The molecule has 20 heavy (non-hydrogen) atoms. The first-order valence-electron chi connectivity index (χ1n) is 6.87. The van der Waals surface area contributed by atoms with Crippen LogP contribution in [0.1, 0.15) is 38.7 Å². The van der Waals surface area contributed by atoms with Gasteiger partial charge in [-0.1, -0.05) is 6.07 Å². The minimum Gasteiger partial charge on any atom is -0.493 e. The van der Waals surface area contributed by atoms with Gasteiger partial charge in [0.2, 0.25) is 0 Å². The number of ether oxygens (including phenoxy) is 2. The Hall–Kier alpha value is -1.71.